The van der Waals surface area contributed by atoms with Crippen LogP contribution in [0.5, 0.6) is 0 Å². The summed E-state index contributed by atoms with van der Waals surface area (Å²) in [6.07, 6.45) is 13.3. The van der Waals surface area contributed by atoms with E-state index in [2.05, 4.69) is 26.6 Å². The molecule has 28 heavy (non-hydrogen) atoms. The van der Waals surface area contributed by atoms with Gasteiger partial charge in [-0.25, -0.2) is 4.98 Å². The van der Waals surface area contributed by atoms with Crippen molar-refractivity contribution in [2.24, 2.45) is 13.0 Å². The number of aromatic nitrogens is 4. The zero-order chi connectivity index (χ0) is 19.5. The van der Waals surface area contributed by atoms with Crippen molar-refractivity contribution in [3.8, 4) is 12.3 Å². The monoisotopic (exact) mass is 394 g/mol. The van der Waals surface area contributed by atoms with Gasteiger partial charge in [0.15, 0.2) is 0 Å². The lowest BCUT2D eigenvalue weighted by atomic mass is 9.83. The summed E-state index contributed by atoms with van der Waals surface area (Å²) >= 11 is 1.64. The normalized spacial score (nSPS) is 19.3. The summed E-state index contributed by atoms with van der Waals surface area (Å²) in [4.78, 5) is 20.8. The van der Waals surface area contributed by atoms with E-state index in [1.807, 2.05) is 24.7 Å². The predicted octanol–water partition coefficient (Wildman–Crippen LogP) is 3.73. The molecule has 1 saturated carbocycles. The Kier molecular flexibility index (Phi) is 5.26. The van der Waals surface area contributed by atoms with Gasteiger partial charge in [-0.15, -0.1) is 17.8 Å². The number of anilines is 3. The van der Waals surface area contributed by atoms with Crippen molar-refractivity contribution in [1.82, 2.24) is 19.7 Å². The van der Waals surface area contributed by atoms with Gasteiger partial charge in [0.25, 0.3) is 0 Å². The van der Waals surface area contributed by atoms with Crippen LogP contribution in [0.1, 0.15) is 32.1 Å². The molecule has 3 aromatic heterocycles. The molecular formula is C20H22N6OS. The van der Waals surface area contributed by atoms with Crippen molar-refractivity contribution in [2.45, 2.75) is 38.1 Å². The minimum absolute atomic E-state index is 0.0846. The smallest absolute Gasteiger partial charge is 0.229 e. The molecule has 0 unspecified atom stereocenters. The summed E-state index contributed by atoms with van der Waals surface area (Å²) in [5.74, 6) is 3.95. The van der Waals surface area contributed by atoms with Crippen molar-refractivity contribution >= 4 is 44.8 Å². The molecule has 0 spiro atoms. The van der Waals surface area contributed by atoms with Crippen molar-refractivity contribution in [3.05, 3.63) is 23.8 Å². The average molecular weight is 395 g/mol. The summed E-state index contributed by atoms with van der Waals surface area (Å²) in [6.45, 7) is 0. The molecule has 0 amide bonds. The van der Waals surface area contributed by atoms with E-state index in [1.165, 1.54) is 0 Å². The number of aryl methyl sites for hydroxylation is 1. The van der Waals surface area contributed by atoms with Gasteiger partial charge in [0, 0.05) is 25.7 Å². The van der Waals surface area contributed by atoms with Gasteiger partial charge in [-0.05, 0) is 49.0 Å². The molecule has 0 atom stereocenters. The summed E-state index contributed by atoms with van der Waals surface area (Å²) < 4.78 is 2.79. The Bertz CT molecular complexity index is 1020. The van der Waals surface area contributed by atoms with E-state index in [4.69, 9.17) is 11.4 Å². The Morgan fingerprint density at radius 2 is 2.18 bits per heavy atom. The molecule has 0 aliphatic heterocycles. The van der Waals surface area contributed by atoms with Gasteiger partial charge in [0.05, 0.1) is 22.1 Å². The van der Waals surface area contributed by atoms with Crippen LogP contribution >= 0.6 is 11.3 Å². The minimum Gasteiger partial charge on any atom is -0.366 e. The second-order valence-corrected chi connectivity index (χ2v) is 8.11. The van der Waals surface area contributed by atoms with Crippen LogP contribution < -0.4 is 10.6 Å². The predicted molar refractivity (Wildman–Crippen MR) is 112 cm³/mol. The van der Waals surface area contributed by atoms with Crippen LogP contribution in [-0.2, 0) is 11.8 Å². The number of hydrogen-bond donors (Lipinski definition) is 2. The first-order valence-electron chi connectivity index (χ1n) is 9.37. The topological polar surface area (TPSA) is 84.7 Å². The summed E-state index contributed by atoms with van der Waals surface area (Å²) in [5, 5.41) is 13.0. The Morgan fingerprint density at radius 3 is 2.89 bits per heavy atom. The molecule has 1 aliphatic carbocycles. The second-order valence-electron chi connectivity index (χ2n) is 7.19. The number of nitrogens with zero attached hydrogens (tertiary/aromatic N) is 4. The second kappa shape index (κ2) is 7.98. The van der Waals surface area contributed by atoms with Gasteiger partial charge >= 0.3 is 0 Å². The van der Waals surface area contributed by atoms with Crippen LogP contribution in [0.3, 0.4) is 0 Å². The number of rotatable bonds is 6. The van der Waals surface area contributed by atoms with Crippen LogP contribution in [0.25, 0.3) is 10.2 Å². The van der Waals surface area contributed by atoms with Gasteiger partial charge in [0.1, 0.15) is 5.82 Å². The minimum atomic E-state index is -0.0846. The molecule has 8 heteroatoms. The Balaban J connectivity index is 1.47. The van der Waals surface area contributed by atoms with Crippen LogP contribution in [-0.4, -0.2) is 31.6 Å². The van der Waals surface area contributed by atoms with E-state index in [1.54, 1.807) is 22.2 Å². The number of ketones is 1. The molecule has 2 N–H and O–H groups in total. The molecular weight excluding hydrogens is 372 g/mol. The molecule has 1 aliphatic rings. The maximum absolute atomic E-state index is 11.5. The molecule has 0 bridgehead atoms. The Labute approximate surface area is 167 Å². The number of Topliss-reactive ketones (excluding diaryl/α,β-unsaturated/α-hetero) is 1. The Hall–Kier alpha value is -2.92. The maximum Gasteiger partial charge on any atom is 0.229 e. The molecule has 3 aromatic rings. The standard InChI is InChI=1S/C20H22N6OS/c1-3-16(27)10-13-4-6-14(7-5-13)22-19-18-17(8-9-28-18)24-20(25-19)23-15-11-21-26(2)12-15/h1,8-9,11-14H,4-7,10H2,2H3,(H2,22,23,24,25). The van der Waals surface area contributed by atoms with Crippen molar-refractivity contribution < 1.29 is 4.79 Å². The lowest BCUT2D eigenvalue weighted by molar-refractivity contribution is -0.114. The zero-order valence-electron chi connectivity index (χ0n) is 15.7. The molecule has 0 saturated heterocycles. The fraction of sp³-hybridized carbons (Fsp3) is 0.400. The molecule has 3 heterocycles. The lowest BCUT2D eigenvalue weighted by Gasteiger charge is -2.29. The van der Waals surface area contributed by atoms with Crippen molar-refractivity contribution in [1.29, 1.82) is 0 Å². The van der Waals surface area contributed by atoms with Crippen LogP contribution in [0, 0.1) is 18.3 Å². The van der Waals surface area contributed by atoms with E-state index in [-0.39, 0.29) is 5.78 Å². The first kappa shape index (κ1) is 18.4. The highest BCUT2D eigenvalue weighted by molar-refractivity contribution is 7.17. The first-order valence-corrected chi connectivity index (χ1v) is 10.3. The van der Waals surface area contributed by atoms with Gasteiger partial charge < -0.3 is 10.6 Å². The SMILES string of the molecule is C#CC(=O)CC1CCC(Nc2nc(Nc3cnn(C)c3)nc3ccsc23)CC1. The average Bonchev–Trinajstić information content (AvgIpc) is 3.32. The van der Waals surface area contributed by atoms with E-state index in [0.29, 0.717) is 24.3 Å². The third-order valence-corrected chi connectivity index (χ3v) is 6.00. The van der Waals surface area contributed by atoms with E-state index in [9.17, 15) is 4.79 Å². The number of fused-ring (bicyclic) bond motifs is 1. The molecule has 4 rings (SSSR count). The molecule has 144 valence electrons. The van der Waals surface area contributed by atoms with Crippen molar-refractivity contribution in [3.63, 3.8) is 0 Å². The maximum atomic E-state index is 11.5. The van der Waals surface area contributed by atoms with E-state index < -0.39 is 0 Å². The van der Waals surface area contributed by atoms with Gasteiger partial charge in [-0.1, -0.05) is 0 Å². The summed E-state index contributed by atoms with van der Waals surface area (Å²) in [6, 6.07) is 2.34. The van der Waals surface area contributed by atoms with Crippen LogP contribution in [0.4, 0.5) is 17.5 Å². The van der Waals surface area contributed by atoms with Crippen LogP contribution in [0.2, 0.25) is 0 Å². The summed E-state index contributed by atoms with van der Waals surface area (Å²) in [7, 11) is 1.87. The molecule has 7 nitrogen and oxygen atoms in total. The van der Waals surface area contributed by atoms with Gasteiger partial charge in [-0.3, -0.25) is 9.48 Å². The number of nitrogens with one attached hydrogen (secondary N) is 2. The fourth-order valence-corrected chi connectivity index (χ4v) is 4.44. The number of carbonyl (C=O) groups is 1. The Morgan fingerprint density at radius 1 is 1.36 bits per heavy atom. The number of hydrogen-bond acceptors (Lipinski definition) is 7. The van der Waals surface area contributed by atoms with E-state index in [0.717, 1.165) is 47.4 Å². The third kappa shape index (κ3) is 4.15. The first-order chi connectivity index (χ1) is 13.6. The molecule has 0 radical (unpaired) electrons. The highest BCUT2D eigenvalue weighted by Crippen LogP contribution is 2.32. The lowest BCUT2D eigenvalue weighted by Crippen LogP contribution is -2.27. The largest absolute Gasteiger partial charge is 0.366 e. The zero-order valence-corrected chi connectivity index (χ0v) is 16.5. The molecule has 1 fully saturated rings. The highest BCUT2D eigenvalue weighted by Gasteiger charge is 2.23. The number of carbonyl (C=O) groups excluding carboxylic acids is 1. The van der Waals surface area contributed by atoms with E-state index >= 15 is 0 Å². The number of terminal acetylenes is 1. The van der Waals surface area contributed by atoms with Gasteiger partial charge in [-0.2, -0.15) is 10.1 Å². The highest BCUT2D eigenvalue weighted by atomic mass is 32.1. The summed E-state index contributed by atoms with van der Waals surface area (Å²) in [5.41, 5.74) is 1.77. The van der Waals surface area contributed by atoms with Crippen molar-refractivity contribution in [2.75, 3.05) is 10.6 Å². The molecule has 0 aromatic carbocycles. The number of thiophene rings is 1. The quantitative estimate of drug-likeness (QED) is 0.489. The van der Waals surface area contributed by atoms with Crippen LogP contribution in [0.15, 0.2) is 23.8 Å². The fourth-order valence-electron chi connectivity index (χ4n) is 3.66. The van der Waals surface area contributed by atoms with Gasteiger partial charge in [0.2, 0.25) is 11.7 Å². The third-order valence-electron chi connectivity index (χ3n) is 5.09.